The number of likely N-dealkylation sites (tertiary alicyclic amines) is 1. The lowest BCUT2D eigenvalue weighted by atomic mass is 9.89. The van der Waals surface area contributed by atoms with Gasteiger partial charge in [-0.3, -0.25) is 19.1 Å². The number of carboxylic acids is 1. The first-order chi connectivity index (χ1) is 19.7. The number of anilines is 1. The molecule has 12 heteroatoms. The molecule has 1 N–H and O–H groups in total. The minimum absolute atomic E-state index is 0.0462. The number of morpholine rings is 1. The highest BCUT2D eigenvalue weighted by Gasteiger charge is 2.39. The summed E-state index contributed by atoms with van der Waals surface area (Å²) in [6.07, 6.45) is 1.86. The fraction of sp³-hybridized carbons (Fsp3) is 0.517. The van der Waals surface area contributed by atoms with Crippen molar-refractivity contribution in [3.05, 3.63) is 35.9 Å². The van der Waals surface area contributed by atoms with Crippen LogP contribution in [0, 0.1) is 5.92 Å². The molecule has 4 aromatic rings. The summed E-state index contributed by atoms with van der Waals surface area (Å²) in [5.41, 5.74) is 2.00. The number of ether oxygens (including phenoxy) is 1. The van der Waals surface area contributed by atoms with Gasteiger partial charge in [0.1, 0.15) is 11.4 Å². The van der Waals surface area contributed by atoms with Crippen LogP contribution < -0.4 is 4.90 Å². The summed E-state index contributed by atoms with van der Waals surface area (Å²) in [5, 5.41) is 9.63. The Morgan fingerprint density at radius 1 is 1.02 bits per heavy atom. The van der Waals surface area contributed by atoms with Gasteiger partial charge in [0, 0.05) is 32.5 Å². The number of hydrogen-bond donors (Lipinski definition) is 1. The van der Waals surface area contributed by atoms with Crippen LogP contribution in [0.5, 0.6) is 0 Å². The van der Waals surface area contributed by atoms with Gasteiger partial charge in [0.05, 0.1) is 24.2 Å². The predicted molar refractivity (Wildman–Crippen MR) is 154 cm³/mol. The van der Waals surface area contributed by atoms with E-state index in [4.69, 9.17) is 24.7 Å². The smallest absolute Gasteiger partial charge is 0.323 e. The molecule has 6 rings (SSSR count). The number of benzene rings is 1. The van der Waals surface area contributed by atoms with E-state index in [-0.39, 0.29) is 11.7 Å². The predicted octanol–water partition coefficient (Wildman–Crippen LogP) is 2.86. The molecule has 2 aliphatic heterocycles. The molecule has 5 heterocycles. The molecule has 12 nitrogen and oxygen atoms in total. The minimum atomic E-state index is -0.972. The van der Waals surface area contributed by atoms with Gasteiger partial charge in [-0.25, -0.2) is 9.97 Å². The van der Waals surface area contributed by atoms with Crippen LogP contribution in [0.4, 0.5) is 5.82 Å². The molecule has 2 saturated heterocycles. The Morgan fingerprint density at radius 3 is 2.41 bits per heavy atom. The van der Waals surface area contributed by atoms with Crippen molar-refractivity contribution >= 4 is 39.8 Å². The Bertz CT molecular complexity index is 1630. The number of aryl methyl sites for hydroxylation is 2. The van der Waals surface area contributed by atoms with Crippen molar-refractivity contribution in [2.75, 3.05) is 44.3 Å². The molecule has 0 amide bonds. The number of ketones is 1. The van der Waals surface area contributed by atoms with Crippen molar-refractivity contribution in [1.29, 1.82) is 0 Å². The quantitative estimate of drug-likeness (QED) is 0.337. The summed E-state index contributed by atoms with van der Waals surface area (Å²) >= 11 is 0. The van der Waals surface area contributed by atoms with E-state index in [1.807, 2.05) is 40.8 Å². The van der Waals surface area contributed by atoms with Gasteiger partial charge in [0.25, 0.3) is 0 Å². The van der Waals surface area contributed by atoms with Crippen LogP contribution in [0.15, 0.2) is 24.3 Å². The van der Waals surface area contributed by atoms with E-state index in [0.29, 0.717) is 87.4 Å². The average molecular weight is 561 g/mol. The number of nitrogens with zero attached hydrogens (tertiary/aromatic N) is 8. The van der Waals surface area contributed by atoms with Crippen LogP contribution in [-0.2, 0) is 23.0 Å². The van der Waals surface area contributed by atoms with Gasteiger partial charge in [-0.1, -0.05) is 19.1 Å². The third-order valence-corrected chi connectivity index (χ3v) is 8.55. The van der Waals surface area contributed by atoms with Crippen LogP contribution in [0.3, 0.4) is 0 Å². The number of imidazole rings is 2. The van der Waals surface area contributed by atoms with Crippen molar-refractivity contribution in [2.45, 2.75) is 45.6 Å². The number of rotatable bonds is 7. The molecule has 1 aromatic carbocycles. The number of carboxylic acid groups (broad SMARTS) is 1. The van der Waals surface area contributed by atoms with Crippen LogP contribution in [0.25, 0.3) is 28.1 Å². The number of piperidine rings is 1. The molecule has 2 fully saturated rings. The van der Waals surface area contributed by atoms with E-state index >= 15 is 0 Å². The lowest BCUT2D eigenvalue weighted by Gasteiger charge is -2.39. The monoisotopic (exact) mass is 560 g/mol. The van der Waals surface area contributed by atoms with E-state index in [9.17, 15) is 14.7 Å². The second kappa shape index (κ2) is 10.5. The molecule has 0 bridgehead atoms. The lowest BCUT2D eigenvalue weighted by Crippen LogP contribution is -2.53. The number of carbonyl (C=O) groups excluding carboxylic acids is 1. The fourth-order valence-electron chi connectivity index (χ4n) is 5.91. The van der Waals surface area contributed by atoms with Crippen molar-refractivity contribution in [3.63, 3.8) is 0 Å². The summed E-state index contributed by atoms with van der Waals surface area (Å²) in [6, 6.07) is 7.94. The van der Waals surface area contributed by atoms with E-state index in [0.717, 1.165) is 16.9 Å². The Balaban J connectivity index is 1.42. The number of aromatic nitrogens is 6. The first-order valence-electron chi connectivity index (χ1n) is 14.3. The molecule has 0 spiro atoms. The number of para-hydroxylation sites is 2. The Kier molecular flexibility index (Phi) is 6.98. The molecule has 0 unspecified atom stereocenters. The van der Waals surface area contributed by atoms with Gasteiger partial charge in [-0.2, -0.15) is 9.97 Å². The molecule has 216 valence electrons. The first kappa shape index (κ1) is 27.3. The molecule has 0 atom stereocenters. The van der Waals surface area contributed by atoms with Crippen LogP contribution >= 0.6 is 0 Å². The van der Waals surface area contributed by atoms with Crippen molar-refractivity contribution < 1.29 is 19.4 Å². The van der Waals surface area contributed by atoms with Crippen molar-refractivity contribution in [3.8, 4) is 5.95 Å². The zero-order chi connectivity index (χ0) is 28.9. The van der Waals surface area contributed by atoms with Gasteiger partial charge in [0.2, 0.25) is 11.7 Å². The maximum atomic E-state index is 13.8. The normalized spacial score (nSPS) is 17.5. The van der Waals surface area contributed by atoms with Crippen LogP contribution in [-0.4, -0.2) is 95.8 Å². The second-order valence-electron chi connectivity index (χ2n) is 11.3. The zero-order valence-corrected chi connectivity index (χ0v) is 24.0. The molecule has 3 aromatic heterocycles. The SMILES string of the molecule is CCc1nc2ccccc2n1-c1nc(N2CCOCC2)c2nc(C(=O)C3CCN(C(C)(C)C(=O)O)CC3)n(C)c2n1. The summed E-state index contributed by atoms with van der Waals surface area (Å²) in [5.74, 6) is 1.23. The maximum absolute atomic E-state index is 13.8. The number of hydrogen-bond acceptors (Lipinski definition) is 9. The highest BCUT2D eigenvalue weighted by Crippen LogP contribution is 2.31. The van der Waals surface area contributed by atoms with Gasteiger partial charge in [0.15, 0.2) is 22.8 Å². The van der Waals surface area contributed by atoms with Crippen molar-refractivity contribution in [1.82, 2.24) is 34.0 Å². The standard InChI is InChI=1S/C29H36N8O4/c1-5-21-30-19-8-6-7-9-20(19)37(21)28-32-24-22(25(33-28)35-14-16-41-17-15-35)31-26(34(24)4)23(38)18-10-12-36(13-11-18)29(2,3)27(39)40/h6-9,18H,5,10-17H2,1-4H3,(H,39,40). The minimum Gasteiger partial charge on any atom is -0.480 e. The Labute approximate surface area is 238 Å². The molecule has 0 saturated carbocycles. The Hall–Kier alpha value is -3.90. The van der Waals surface area contributed by atoms with Gasteiger partial charge in [-0.15, -0.1) is 0 Å². The molecule has 0 aliphatic carbocycles. The van der Waals surface area contributed by atoms with Crippen LogP contribution in [0.1, 0.15) is 50.1 Å². The van der Waals surface area contributed by atoms with Crippen LogP contribution in [0.2, 0.25) is 0 Å². The fourth-order valence-corrected chi connectivity index (χ4v) is 5.91. The van der Waals surface area contributed by atoms with E-state index < -0.39 is 11.5 Å². The average Bonchev–Trinajstić information content (AvgIpc) is 3.54. The van der Waals surface area contributed by atoms with Gasteiger partial charge in [-0.05, 0) is 51.9 Å². The number of aliphatic carboxylic acids is 1. The number of fused-ring (bicyclic) bond motifs is 2. The maximum Gasteiger partial charge on any atom is 0.323 e. The van der Waals surface area contributed by atoms with Crippen molar-refractivity contribution in [2.24, 2.45) is 13.0 Å². The molecular weight excluding hydrogens is 524 g/mol. The molecule has 0 radical (unpaired) electrons. The van der Waals surface area contributed by atoms with Gasteiger partial charge < -0.3 is 19.3 Å². The highest BCUT2D eigenvalue weighted by molar-refractivity contribution is 5.99. The molecular formula is C29H36N8O4. The highest BCUT2D eigenvalue weighted by atomic mass is 16.5. The van der Waals surface area contributed by atoms with E-state index in [1.54, 1.807) is 18.4 Å². The topological polar surface area (TPSA) is 132 Å². The second-order valence-corrected chi connectivity index (χ2v) is 11.3. The third-order valence-electron chi connectivity index (χ3n) is 8.55. The van der Waals surface area contributed by atoms with E-state index in [2.05, 4.69) is 11.8 Å². The summed E-state index contributed by atoms with van der Waals surface area (Å²) < 4.78 is 9.38. The largest absolute Gasteiger partial charge is 0.480 e. The van der Waals surface area contributed by atoms with Gasteiger partial charge >= 0.3 is 5.97 Å². The first-order valence-corrected chi connectivity index (χ1v) is 14.3. The number of Topliss-reactive ketones (excluding diaryl/α,β-unsaturated/α-hetero) is 1. The third kappa shape index (κ3) is 4.64. The van der Waals surface area contributed by atoms with E-state index in [1.165, 1.54) is 0 Å². The zero-order valence-electron chi connectivity index (χ0n) is 24.0. The molecule has 41 heavy (non-hydrogen) atoms. The Morgan fingerprint density at radius 2 is 1.73 bits per heavy atom. The summed E-state index contributed by atoms with van der Waals surface area (Å²) in [6.45, 7) is 9.04. The lowest BCUT2D eigenvalue weighted by molar-refractivity contribution is -0.150. The summed E-state index contributed by atoms with van der Waals surface area (Å²) in [7, 11) is 1.83. The summed E-state index contributed by atoms with van der Waals surface area (Å²) in [4.78, 5) is 49.3. The number of carbonyl (C=O) groups is 2. The molecule has 2 aliphatic rings.